The van der Waals surface area contributed by atoms with Crippen molar-refractivity contribution >= 4 is 12.0 Å². The predicted octanol–water partition coefficient (Wildman–Crippen LogP) is 3.49. The zero-order valence-electron chi connectivity index (χ0n) is 17.5. The van der Waals surface area contributed by atoms with Gasteiger partial charge in [-0.05, 0) is 50.5 Å². The van der Waals surface area contributed by atoms with E-state index >= 15 is 0 Å². The van der Waals surface area contributed by atoms with E-state index in [-0.39, 0.29) is 5.91 Å². The zero-order chi connectivity index (χ0) is 21.3. The second kappa shape index (κ2) is 10.5. The molecule has 0 aliphatic carbocycles. The van der Waals surface area contributed by atoms with Gasteiger partial charge in [0.2, 0.25) is 5.91 Å². The van der Waals surface area contributed by atoms with E-state index in [1.54, 1.807) is 27.9 Å². The Morgan fingerprint density at radius 3 is 2.21 bits per heavy atom. The molecule has 0 saturated carbocycles. The predicted molar refractivity (Wildman–Crippen MR) is 113 cm³/mol. The molecule has 2 aromatic rings. The van der Waals surface area contributed by atoms with E-state index in [1.165, 1.54) is 0 Å². The van der Waals surface area contributed by atoms with Crippen LogP contribution in [0.4, 0.5) is 4.79 Å². The first-order valence-corrected chi connectivity index (χ1v) is 9.71. The van der Waals surface area contributed by atoms with Gasteiger partial charge in [-0.2, -0.15) is 0 Å². The second-order valence-electron chi connectivity index (χ2n) is 7.78. The first-order chi connectivity index (χ1) is 13.8. The lowest BCUT2D eigenvalue weighted by Crippen LogP contribution is -2.49. The molecule has 2 rings (SSSR count). The third kappa shape index (κ3) is 8.25. The average Bonchev–Trinajstić information content (AvgIpc) is 2.67. The van der Waals surface area contributed by atoms with Gasteiger partial charge >= 0.3 is 6.09 Å². The summed E-state index contributed by atoms with van der Waals surface area (Å²) in [7, 11) is 1.62. The first kappa shape index (κ1) is 22.3. The van der Waals surface area contributed by atoms with Gasteiger partial charge in [0.25, 0.3) is 0 Å². The number of amides is 2. The molecule has 0 spiro atoms. The molecule has 1 atom stereocenters. The van der Waals surface area contributed by atoms with Crippen LogP contribution in [0.15, 0.2) is 54.6 Å². The van der Waals surface area contributed by atoms with Crippen LogP contribution in [0.2, 0.25) is 0 Å². The molecule has 2 amide bonds. The van der Waals surface area contributed by atoms with Gasteiger partial charge in [0.15, 0.2) is 0 Å². The molecule has 0 saturated heterocycles. The van der Waals surface area contributed by atoms with Crippen LogP contribution >= 0.6 is 0 Å². The summed E-state index contributed by atoms with van der Waals surface area (Å²) in [5.41, 5.74) is 1.41. The summed E-state index contributed by atoms with van der Waals surface area (Å²) in [6, 6.07) is 16.6. The number of carbonyl (C=O) groups is 2. The van der Waals surface area contributed by atoms with Gasteiger partial charge in [0.1, 0.15) is 17.4 Å². The molecule has 0 aromatic heterocycles. The Morgan fingerprint density at radius 1 is 0.966 bits per heavy atom. The van der Waals surface area contributed by atoms with E-state index in [9.17, 15) is 9.59 Å². The summed E-state index contributed by atoms with van der Waals surface area (Å²) in [4.78, 5) is 24.9. The monoisotopic (exact) mass is 398 g/mol. The van der Waals surface area contributed by atoms with E-state index in [1.807, 2.05) is 54.6 Å². The third-order valence-electron chi connectivity index (χ3n) is 4.16. The number of ether oxygens (including phenoxy) is 2. The molecule has 156 valence electrons. The van der Waals surface area contributed by atoms with Crippen LogP contribution in [0.5, 0.6) is 5.75 Å². The first-order valence-electron chi connectivity index (χ1n) is 9.71. The number of rotatable bonds is 8. The minimum Gasteiger partial charge on any atom is -0.497 e. The van der Waals surface area contributed by atoms with Gasteiger partial charge in [-0.3, -0.25) is 4.79 Å². The highest BCUT2D eigenvalue weighted by molar-refractivity contribution is 5.86. The minimum absolute atomic E-state index is 0.242. The van der Waals surface area contributed by atoms with Gasteiger partial charge in [0, 0.05) is 13.0 Å². The number of hydrogen-bond acceptors (Lipinski definition) is 4. The second-order valence-corrected chi connectivity index (χ2v) is 7.78. The Balaban J connectivity index is 1.96. The standard InChI is InChI=1S/C23H30N2O4/c1-23(2,3)29-22(27)25-20(16-18-8-6-5-7-9-18)21(26)24-15-14-17-10-12-19(28-4)13-11-17/h5-13,20H,14-16H2,1-4H3,(H,24,26)(H,25,27). The molecule has 6 nitrogen and oxygen atoms in total. The topological polar surface area (TPSA) is 76.7 Å². The number of alkyl carbamates (subject to hydrolysis) is 1. The van der Waals surface area contributed by atoms with Crippen molar-refractivity contribution in [1.29, 1.82) is 0 Å². The average molecular weight is 399 g/mol. The fraction of sp³-hybridized carbons (Fsp3) is 0.391. The van der Waals surface area contributed by atoms with Crippen LogP contribution in [0.1, 0.15) is 31.9 Å². The molecule has 29 heavy (non-hydrogen) atoms. The van der Waals surface area contributed by atoms with Crippen molar-refractivity contribution in [3.05, 3.63) is 65.7 Å². The van der Waals surface area contributed by atoms with Crippen molar-refractivity contribution in [3.63, 3.8) is 0 Å². The maximum absolute atomic E-state index is 12.7. The van der Waals surface area contributed by atoms with Crippen molar-refractivity contribution in [2.45, 2.75) is 45.3 Å². The number of hydrogen-bond donors (Lipinski definition) is 2. The van der Waals surface area contributed by atoms with Crippen molar-refractivity contribution in [2.24, 2.45) is 0 Å². The van der Waals surface area contributed by atoms with E-state index in [0.717, 1.165) is 16.9 Å². The van der Waals surface area contributed by atoms with Crippen LogP contribution in [0.25, 0.3) is 0 Å². The van der Waals surface area contributed by atoms with Crippen LogP contribution in [-0.4, -0.2) is 37.3 Å². The van der Waals surface area contributed by atoms with Crippen LogP contribution in [-0.2, 0) is 22.4 Å². The number of carbonyl (C=O) groups excluding carboxylic acids is 2. The van der Waals surface area contributed by atoms with Crippen LogP contribution < -0.4 is 15.4 Å². The molecule has 0 radical (unpaired) electrons. The Bertz CT molecular complexity index is 783. The molecule has 2 N–H and O–H groups in total. The van der Waals surface area contributed by atoms with Crippen LogP contribution in [0.3, 0.4) is 0 Å². The van der Waals surface area contributed by atoms with Crippen LogP contribution in [0, 0.1) is 0 Å². The van der Waals surface area contributed by atoms with Gasteiger partial charge in [-0.25, -0.2) is 4.79 Å². The summed E-state index contributed by atoms with van der Waals surface area (Å²) in [5, 5.41) is 5.60. The molecule has 0 fully saturated rings. The molecular weight excluding hydrogens is 368 g/mol. The number of methoxy groups -OCH3 is 1. The van der Waals surface area contributed by atoms with E-state index in [0.29, 0.717) is 19.4 Å². The fourth-order valence-electron chi connectivity index (χ4n) is 2.75. The SMILES string of the molecule is COc1ccc(CCNC(=O)C(Cc2ccccc2)NC(=O)OC(C)(C)C)cc1. The van der Waals surface area contributed by atoms with E-state index < -0.39 is 17.7 Å². The highest BCUT2D eigenvalue weighted by Gasteiger charge is 2.24. The molecule has 6 heteroatoms. The van der Waals surface area contributed by atoms with E-state index in [4.69, 9.17) is 9.47 Å². The lowest BCUT2D eigenvalue weighted by molar-refractivity contribution is -0.123. The highest BCUT2D eigenvalue weighted by atomic mass is 16.6. The summed E-state index contributed by atoms with van der Waals surface area (Å²) in [5.74, 6) is 0.551. The summed E-state index contributed by atoms with van der Waals surface area (Å²) in [6.45, 7) is 5.82. The highest BCUT2D eigenvalue weighted by Crippen LogP contribution is 2.12. The van der Waals surface area contributed by atoms with Gasteiger partial charge in [-0.1, -0.05) is 42.5 Å². The summed E-state index contributed by atoms with van der Waals surface area (Å²) < 4.78 is 10.5. The molecule has 0 aliphatic heterocycles. The lowest BCUT2D eigenvalue weighted by Gasteiger charge is -2.23. The third-order valence-corrected chi connectivity index (χ3v) is 4.16. The summed E-state index contributed by atoms with van der Waals surface area (Å²) in [6.07, 6.45) is 0.457. The minimum atomic E-state index is -0.719. The Labute approximate surface area is 172 Å². The Hall–Kier alpha value is -3.02. The number of nitrogens with one attached hydrogen (secondary N) is 2. The van der Waals surface area contributed by atoms with Crippen molar-refractivity contribution in [3.8, 4) is 5.75 Å². The molecule has 0 heterocycles. The largest absolute Gasteiger partial charge is 0.497 e. The van der Waals surface area contributed by atoms with Crippen molar-refractivity contribution in [2.75, 3.05) is 13.7 Å². The fourth-order valence-corrected chi connectivity index (χ4v) is 2.75. The maximum Gasteiger partial charge on any atom is 0.408 e. The van der Waals surface area contributed by atoms with Crippen molar-refractivity contribution < 1.29 is 19.1 Å². The smallest absolute Gasteiger partial charge is 0.408 e. The van der Waals surface area contributed by atoms with Crippen molar-refractivity contribution in [1.82, 2.24) is 10.6 Å². The Kier molecular flexibility index (Phi) is 8.07. The maximum atomic E-state index is 12.7. The molecule has 2 aromatic carbocycles. The quantitative estimate of drug-likeness (QED) is 0.714. The normalized spacial score (nSPS) is 12.0. The zero-order valence-corrected chi connectivity index (χ0v) is 17.5. The van der Waals surface area contributed by atoms with Gasteiger partial charge in [-0.15, -0.1) is 0 Å². The lowest BCUT2D eigenvalue weighted by atomic mass is 10.1. The summed E-state index contributed by atoms with van der Waals surface area (Å²) >= 11 is 0. The number of benzene rings is 2. The van der Waals surface area contributed by atoms with E-state index in [2.05, 4.69) is 10.6 Å². The Morgan fingerprint density at radius 2 is 1.62 bits per heavy atom. The molecule has 0 aliphatic rings. The molecule has 0 bridgehead atoms. The molecular formula is C23H30N2O4. The molecule has 1 unspecified atom stereocenters. The van der Waals surface area contributed by atoms with Gasteiger partial charge in [0.05, 0.1) is 7.11 Å². The van der Waals surface area contributed by atoms with Gasteiger partial charge < -0.3 is 20.1 Å².